The van der Waals surface area contributed by atoms with Crippen molar-refractivity contribution >= 4 is 17.7 Å². The summed E-state index contributed by atoms with van der Waals surface area (Å²) in [5.41, 5.74) is 0.701. The van der Waals surface area contributed by atoms with Crippen LogP contribution in [-0.4, -0.2) is 21.7 Å². The molecule has 0 bridgehead atoms. The van der Waals surface area contributed by atoms with Gasteiger partial charge >= 0.3 is 0 Å². The summed E-state index contributed by atoms with van der Waals surface area (Å²) < 4.78 is 0. The molecule has 0 fully saturated rings. The van der Waals surface area contributed by atoms with Crippen molar-refractivity contribution in [2.24, 2.45) is 0 Å². The monoisotopic (exact) mass is 214 g/mol. The Hall–Kier alpha value is -0.800. The Morgan fingerprint density at radius 3 is 3.00 bits per heavy atom. The molecule has 1 heterocycles. The largest absolute Gasteiger partial charge is 0.392 e. The van der Waals surface area contributed by atoms with E-state index in [0.29, 0.717) is 10.8 Å². The number of aromatic amines is 1. The number of hydrogen-bond acceptors (Lipinski definition) is 2. The molecule has 0 atom stereocenters. The molecule has 0 saturated heterocycles. The zero-order valence-corrected chi connectivity index (χ0v) is 9.01. The predicted molar refractivity (Wildman–Crippen MR) is 58.3 cm³/mol. The molecule has 4 heteroatoms. The number of halogens is 1. The normalized spacial score (nSPS) is 11.4. The number of imidazole rings is 1. The Kier molecular flexibility index (Phi) is 4.70. The molecule has 2 N–H and O–H groups in total. The standard InChI is InChI=1S/C10H15ClN2O/c1-2-3-6-9-12-8(5-4-7-14)10(11)13-9/h4-5,14H,2-3,6-7H2,1H3,(H,12,13). The maximum absolute atomic E-state index is 8.60. The van der Waals surface area contributed by atoms with Crippen molar-refractivity contribution in [3.8, 4) is 0 Å². The lowest BCUT2D eigenvalue weighted by molar-refractivity contribution is 0.343. The van der Waals surface area contributed by atoms with Crippen LogP contribution in [0, 0.1) is 0 Å². The van der Waals surface area contributed by atoms with Gasteiger partial charge in [0.25, 0.3) is 0 Å². The minimum Gasteiger partial charge on any atom is -0.392 e. The second-order valence-corrected chi connectivity index (χ2v) is 3.45. The van der Waals surface area contributed by atoms with E-state index >= 15 is 0 Å². The molecule has 1 aromatic rings. The minimum absolute atomic E-state index is 0.00742. The van der Waals surface area contributed by atoms with Gasteiger partial charge in [0.15, 0.2) is 0 Å². The lowest BCUT2D eigenvalue weighted by Crippen LogP contribution is -1.86. The summed E-state index contributed by atoms with van der Waals surface area (Å²) in [5.74, 6) is 0.912. The van der Waals surface area contributed by atoms with Crippen LogP contribution in [0.5, 0.6) is 0 Å². The van der Waals surface area contributed by atoms with Crippen molar-refractivity contribution in [2.75, 3.05) is 6.61 Å². The van der Waals surface area contributed by atoms with Gasteiger partial charge in [-0.1, -0.05) is 31.0 Å². The highest BCUT2D eigenvalue weighted by Gasteiger charge is 2.04. The number of nitrogens with zero attached hydrogens (tertiary/aromatic N) is 1. The fraction of sp³-hybridized carbons (Fsp3) is 0.500. The fourth-order valence-electron chi connectivity index (χ4n) is 1.15. The SMILES string of the molecule is CCCCc1nc(C=CCO)c(Cl)[nH]1. The zero-order chi connectivity index (χ0) is 10.4. The summed E-state index contributed by atoms with van der Waals surface area (Å²) in [6.07, 6.45) is 6.50. The number of aromatic nitrogens is 2. The molecule has 1 aromatic heterocycles. The molecule has 0 spiro atoms. The van der Waals surface area contributed by atoms with E-state index in [1.165, 1.54) is 0 Å². The molecular weight excluding hydrogens is 200 g/mol. The first-order valence-electron chi connectivity index (χ1n) is 4.79. The van der Waals surface area contributed by atoms with Crippen LogP contribution in [0.2, 0.25) is 5.15 Å². The lowest BCUT2D eigenvalue weighted by atomic mass is 10.2. The summed E-state index contributed by atoms with van der Waals surface area (Å²) in [6, 6.07) is 0. The molecular formula is C10H15ClN2O. The summed E-state index contributed by atoms with van der Waals surface area (Å²) in [6.45, 7) is 2.14. The summed E-state index contributed by atoms with van der Waals surface area (Å²) in [7, 11) is 0. The van der Waals surface area contributed by atoms with Gasteiger partial charge in [0.2, 0.25) is 0 Å². The Bertz CT molecular complexity index is 307. The number of H-pyrrole nitrogens is 1. The molecule has 78 valence electrons. The average molecular weight is 215 g/mol. The first-order valence-corrected chi connectivity index (χ1v) is 5.17. The van der Waals surface area contributed by atoms with Crippen molar-refractivity contribution in [2.45, 2.75) is 26.2 Å². The molecule has 1 rings (SSSR count). The number of rotatable bonds is 5. The molecule has 0 unspecified atom stereocenters. The Morgan fingerprint density at radius 2 is 2.36 bits per heavy atom. The number of aryl methyl sites for hydroxylation is 1. The Morgan fingerprint density at radius 1 is 1.57 bits per heavy atom. The van der Waals surface area contributed by atoms with Gasteiger partial charge in [0, 0.05) is 6.42 Å². The van der Waals surface area contributed by atoms with Gasteiger partial charge in [-0.25, -0.2) is 4.98 Å². The molecule has 3 nitrogen and oxygen atoms in total. The van der Waals surface area contributed by atoms with Crippen LogP contribution >= 0.6 is 11.6 Å². The third kappa shape index (κ3) is 3.16. The maximum atomic E-state index is 8.60. The highest BCUT2D eigenvalue weighted by molar-refractivity contribution is 6.30. The highest BCUT2D eigenvalue weighted by Crippen LogP contribution is 2.15. The van der Waals surface area contributed by atoms with Crippen LogP contribution in [0.4, 0.5) is 0 Å². The van der Waals surface area contributed by atoms with E-state index in [1.807, 2.05) is 0 Å². The van der Waals surface area contributed by atoms with Crippen LogP contribution in [0.3, 0.4) is 0 Å². The van der Waals surface area contributed by atoms with Crippen molar-refractivity contribution in [3.05, 3.63) is 22.7 Å². The van der Waals surface area contributed by atoms with Crippen LogP contribution in [-0.2, 0) is 6.42 Å². The molecule has 0 saturated carbocycles. The minimum atomic E-state index is 0.00742. The van der Waals surface area contributed by atoms with Crippen LogP contribution in [0.1, 0.15) is 31.3 Å². The quantitative estimate of drug-likeness (QED) is 0.791. The Balaban J connectivity index is 2.67. The van der Waals surface area contributed by atoms with E-state index < -0.39 is 0 Å². The third-order valence-electron chi connectivity index (χ3n) is 1.88. The van der Waals surface area contributed by atoms with Crippen LogP contribution < -0.4 is 0 Å². The van der Waals surface area contributed by atoms with Gasteiger partial charge in [-0.2, -0.15) is 0 Å². The van der Waals surface area contributed by atoms with Gasteiger partial charge in [0.05, 0.1) is 6.61 Å². The molecule has 0 aromatic carbocycles. The smallest absolute Gasteiger partial charge is 0.133 e. The van der Waals surface area contributed by atoms with Crippen LogP contribution in [0.25, 0.3) is 6.08 Å². The Labute approximate surface area is 88.8 Å². The summed E-state index contributed by atoms with van der Waals surface area (Å²) in [5, 5.41) is 9.14. The van der Waals surface area contributed by atoms with Crippen molar-refractivity contribution < 1.29 is 5.11 Å². The van der Waals surface area contributed by atoms with Crippen LogP contribution in [0.15, 0.2) is 6.08 Å². The molecule has 14 heavy (non-hydrogen) atoms. The molecule has 0 aliphatic rings. The molecule has 0 radical (unpaired) electrons. The topological polar surface area (TPSA) is 48.9 Å². The second kappa shape index (κ2) is 5.83. The third-order valence-corrected chi connectivity index (χ3v) is 2.17. The van der Waals surface area contributed by atoms with Gasteiger partial charge in [-0.15, -0.1) is 0 Å². The van der Waals surface area contributed by atoms with Crippen molar-refractivity contribution in [1.29, 1.82) is 0 Å². The number of hydrogen-bond donors (Lipinski definition) is 2. The van der Waals surface area contributed by atoms with E-state index in [2.05, 4.69) is 16.9 Å². The number of unbranched alkanes of at least 4 members (excludes halogenated alkanes) is 1. The highest BCUT2D eigenvalue weighted by atomic mass is 35.5. The number of nitrogens with one attached hydrogen (secondary N) is 1. The first-order chi connectivity index (χ1) is 6.77. The molecule has 0 amide bonds. The van der Waals surface area contributed by atoms with E-state index in [9.17, 15) is 0 Å². The lowest BCUT2D eigenvalue weighted by Gasteiger charge is -1.90. The van der Waals surface area contributed by atoms with Gasteiger partial charge in [0.1, 0.15) is 16.7 Å². The first kappa shape index (κ1) is 11.3. The van der Waals surface area contributed by atoms with E-state index in [1.54, 1.807) is 12.2 Å². The molecule has 0 aliphatic carbocycles. The number of aliphatic hydroxyl groups is 1. The van der Waals surface area contributed by atoms with Gasteiger partial charge < -0.3 is 10.1 Å². The summed E-state index contributed by atoms with van der Waals surface area (Å²) in [4.78, 5) is 7.31. The van der Waals surface area contributed by atoms with E-state index in [0.717, 1.165) is 25.1 Å². The second-order valence-electron chi connectivity index (χ2n) is 3.07. The van der Waals surface area contributed by atoms with Crippen molar-refractivity contribution in [1.82, 2.24) is 9.97 Å². The van der Waals surface area contributed by atoms with Gasteiger partial charge in [-0.3, -0.25) is 0 Å². The van der Waals surface area contributed by atoms with E-state index in [-0.39, 0.29) is 6.61 Å². The van der Waals surface area contributed by atoms with Gasteiger partial charge in [-0.05, 0) is 12.5 Å². The zero-order valence-electron chi connectivity index (χ0n) is 8.26. The fourth-order valence-corrected chi connectivity index (χ4v) is 1.36. The summed E-state index contributed by atoms with van der Waals surface area (Å²) >= 11 is 5.91. The average Bonchev–Trinajstić information content (AvgIpc) is 2.53. The maximum Gasteiger partial charge on any atom is 0.133 e. The van der Waals surface area contributed by atoms with E-state index in [4.69, 9.17) is 16.7 Å². The van der Waals surface area contributed by atoms with Crippen molar-refractivity contribution in [3.63, 3.8) is 0 Å². The number of aliphatic hydroxyl groups excluding tert-OH is 1. The molecule has 0 aliphatic heterocycles. The predicted octanol–water partition coefficient (Wildman–Crippen LogP) is 2.41.